The van der Waals surface area contributed by atoms with Crippen LogP contribution in [0.4, 0.5) is 0 Å². The molecule has 0 aliphatic rings. The SMILES string of the molecule is C#CCOC(=C(C)n1ccnc1)c1ccc(Cl)cc1Cl. The monoisotopic (exact) mass is 306 g/mol. The van der Waals surface area contributed by atoms with Crippen LogP contribution in [0.2, 0.25) is 10.0 Å². The topological polar surface area (TPSA) is 27.1 Å². The fourth-order valence-electron chi connectivity index (χ4n) is 1.74. The first-order chi connectivity index (χ1) is 9.63. The summed E-state index contributed by atoms with van der Waals surface area (Å²) in [5.74, 6) is 3.05. The number of imidazole rings is 1. The number of aromatic nitrogens is 2. The van der Waals surface area contributed by atoms with E-state index in [2.05, 4.69) is 10.9 Å². The van der Waals surface area contributed by atoms with Gasteiger partial charge in [-0.2, -0.15) is 0 Å². The van der Waals surface area contributed by atoms with Gasteiger partial charge in [0.15, 0.2) is 0 Å². The number of hydrogen-bond donors (Lipinski definition) is 0. The van der Waals surface area contributed by atoms with E-state index in [0.29, 0.717) is 15.8 Å². The Kier molecular flexibility index (Phi) is 4.73. The molecule has 0 spiro atoms. The van der Waals surface area contributed by atoms with E-state index in [1.807, 2.05) is 17.7 Å². The maximum absolute atomic E-state index is 6.23. The Hall–Kier alpha value is -1.89. The van der Waals surface area contributed by atoms with Crippen LogP contribution in [0.5, 0.6) is 0 Å². The van der Waals surface area contributed by atoms with Crippen LogP contribution in [0.15, 0.2) is 36.9 Å². The Morgan fingerprint density at radius 1 is 1.45 bits per heavy atom. The molecule has 2 aromatic rings. The molecule has 0 fully saturated rings. The zero-order chi connectivity index (χ0) is 14.5. The number of nitrogens with zero attached hydrogens (tertiary/aromatic N) is 2. The van der Waals surface area contributed by atoms with Gasteiger partial charge in [0.05, 0.1) is 17.0 Å². The number of halogens is 2. The Labute approximate surface area is 127 Å². The van der Waals surface area contributed by atoms with Crippen LogP contribution in [0.3, 0.4) is 0 Å². The zero-order valence-electron chi connectivity index (χ0n) is 10.8. The molecule has 1 aromatic carbocycles. The predicted octanol–water partition coefficient (Wildman–Crippen LogP) is 4.19. The largest absolute Gasteiger partial charge is 0.478 e. The highest BCUT2D eigenvalue weighted by Gasteiger charge is 2.13. The van der Waals surface area contributed by atoms with Crippen LogP contribution in [-0.4, -0.2) is 16.2 Å². The highest BCUT2D eigenvalue weighted by molar-refractivity contribution is 6.35. The van der Waals surface area contributed by atoms with Crippen LogP contribution in [0.25, 0.3) is 11.5 Å². The third-order valence-electron chi connectivity index (χ3n) is 2.70. The number of terminal acetylenes is 1. The minimum Gasteiger partial charge on any atom is -0.478 e. The highest BCUT2D eigenvalue weighted by Crippen LogP contribution is 2.31. The first-order valence-electron chi connectivity index (χ1n) is 5.84. The lowest BCUT2D eigenvalue weighted by Gasteiger charge is -2.14. The van der Waals surface area contributed by atoms with E-state index in [0.717, 1.165) is 11.3 Å². The highest BCUT2D eigenvalue weighted by atomic mass is 35.5. The Balaban J connectivity index is 2.53. The number of ether oxygens (including phenoxy) is 1. The molecular formula is C15H12Cl2N2O. The van der Waals surface area contributed by atoms with Crippen LogP contribution >= 0.6 is 23.2 Å². The summed E-state index contributed by atoms with van der Waals surface area (Å²) in [4.78, 5) is 4.01. The average Bonchev–Trinajstić information content (AvgIpc) is 2.94. The predicted molar refractivity (Wildman–Crippen MR) is 82.3 cm³/mol. The molecule has 0 atom stereocenters. The second-order valence-electron chi connectivity index (χ2n) is 4.00. The lowest BCUT2D eigenvalue weighted by Crippen LogP contribution is -2.01. The number of rotatable bonds is 4. The number of allylic oxidation sites excluding steroid dienone is 1. The molecule has 102 valence electrons. The lowest BCUT2D eigenvalue weighted by atomic mass is 10.1. The van der Waals surface area contributed by atoms with Crippen molar-refractivity contribution in [3.8, 4) is 12.3 Å². The molecule has 1 heterocycles. The second kappa shape index (κ2) is 6.51. The van der Waals surface area contributed by atoms with Crippen LogP contribution in [0, 0.1) is 12.3 Å². The Morgan fingerprint density at radius 2 is 2.25 bits per heavy atom. The molecule has 0 radical (unpaired) electrons. The Morgan fingerprint density at radius 3 is 2.85 bits per heavy atom. The molecule has 0 amide bonds. The van der Waals surface area contributed by atoms with Gasteiger partial charge in [-0.1, -0.05) is 29.1 Å². The quantitative estimate of drug-likeness (QED) is 0.626. The van der Waals surface area contributed by atoms with Crippen LogP contribution < -0.4 is 0 Å². The van der Waals surface area contributed by atoms with Crippen LogP contribution in [-0.2, 0) is 4.74 Å². The van der Waals surface area contributed by atoms with Gasteiger partial charge in [0.25, 0.3) is 0 Å². The van der Waals surface area contributed by atoms with Crippen molar-refractivity contribution in [1.29, 1.82) is 0 Å². The van der Waals surface area contributed by atoms with E-state index in [1.165, 1.54) is 0 Å². The van der Waals surface area contributed by atoms with Gasteiger partial charge in [0.2, 0.25) is 0 Å². The number of benzene rings is 1. The first-order valence-corrected chi connectivity index (χ1v) is 6.60. The molecule has 0 saturated heterocycles. The van der Waals surface area contributed by atoms with Gasteiger partial charge >= 0.3 is 0 Å². The molecule has 5 heteroatoms. The molecule has 2 rings (SSSR count). The van der Waals surface area contributed by atoms with Crippen molar-refractivity contribution in [2.75, 3.05) is 6.61 Å². The first kappa shape index (κ1) is 14.5. The van der Waals surface area contributed by atoms with Gasteiger partial charge in [0, 0.05) is 23.0 Å². The minimum atomic E-state index is 0.153. The molecule has 0 bridgehead atoms. The molecule has 1 aromatic heterocycles. The third-order valence-corrected chi connectivity index (χ3v) is 3.24. The summed E-state index contributed by atoms with van der Waals surface area (Å²) < 4.78 is 7.48. The normalized spacial score (nSPS) is 11.7. The lowest BCUT2D eigenvalue weighted by molar-refractivity contribution is 0.326. The fraction of sp³-hybridized carbons (Fsp3) is 0.133. The van der Waals surface area contributed by atoms with Gasteiger partial charge in [-0.15, -0.1) is 6.42 Å². The van der Waals surface area contributed by atoms with E-state index in [-0.39, 0.29) is 6.61 Å². The van der Waals surface area contributed by atoms with E-state index in [1.54, 1.807) is 30.7 Å². The number of hydrogen-bond acceptors (Lipinski definition) is 2. The third kappa shape index (κ3) is 3.16. The van der Waals surface area contributed by atoms with Gasteiger partial charge in [-0.05, 0) is 25.1 Å². The minimum absolute atomic E-state index is 0.153. The molecular weight excluding hydrogens is 295 g/mol. The molecule has 0 unspecified atom stereocenters. The van der Waals surface area contributed by atoms with E-state index >= 15 is 0 Å². The second-order valence-corrected chi connectivity index (χ2v) is 4.85. The summed E-state index contributed by atoms with van der Waals surface area (Å²) in [7, 11) is 0. The van der Waals surface area contributed by atoms with E-state index < -0.39 is 0 Å². The van der Waals surface area contributed by atoms with E-state index in [4.69, 9.17) is 34.4 Å². The summed E-state index contributed by atoms with van der Waals surface area (Å²) in [6.07, 6.45) is 10.4. The smallest absolute Gasteiger partial charge is 0.149 e. The van der Waals surface area contributed by atoms with Crippen molar-refractivity contribution < 1.29 is 4.74 Å². The fourth-order valence-corrected chi connectivity index (χ4v) is 2.23. The van der Waals surface area contributed by atoms with E-state index in [9.17, 15) is 0 Å². The van der Waals surface area contributed by atoms with Crippen molar-refractivity contribution in [3.05, 3.63) is 52.5 Å². The Bertz CT molecular complexity index is 670. The maximum Gasteiger partial charge on any atom is 0.149 e. The summed E-state index contributed by atoms with van der Waals surface area (Å²) in [6, 6.07) is 5.22. The van der Waals surface area contributed by atoms with Gasteiger partial charge in [0.1, 0.15) is 12.4 Å². The molecule has 0 saturated carbocycles. The van der Waals surface area contributed by atoms with Gasteiger partial charge < -0.3 is 9.30 Å². The summed E-state index contributed by atoms with van der Waals surface area (Å²) in [5, 5.41) is 1.07. The standard InChI is InChI=1S/C15H12Cl2N2O/c1-3-8-20-15(11(2)19-7-6-18-10-19)13-5-4-12(16)9-14(13)17/h1,4-7,9-10H,8H2,2H3. The van der Waals surface area contributed by atoms with Crippen molar-refractivity contribution in [2.24, 2.45) is 0 Å². The summed E-state index contributed by atoms with van der Waals surface area (Å²) in [6.45, 7) is 2.05. The van der Waals surface area contributed by atoms with Crippen molar-refractivity contribution in [1.82, 2.24) is 9.55 Å². The van der Waals surface area contributed by atoms with Crippen LogP contribution in [0.1, 0.15) is 12.5 Å². The molecule has 3 nitrogen and oxygen atoms in total. The maximum atomic E-state index is 6.23. The molecule has 0 aliphatic carbocycles. The van der Waals surface area contributed by atoms with Gasteiger partial charge in [-0.25, -0.2) is 4.98 Å². The summed E-state index contributed by atoms with van der Waals surface area (Å²) in [5.41, 5.74) is 1.57. The molecule has 0 N–H and O–H groups in total. The van der Waals surface area contributed by atoms with Gasteiger partial charge in [-0.3, -0.25) is 0 Å². The van der Waals surface area contributed by atoms with Crippen molar-refractivity contribution in [3.63, 3.8) is 0 Å². The average molecular weight is 307 g/mol. The van der Waals surface area contributed by atoms with Crippen molar-refractivity contribution >= 4 is 34.7 Å². The summed E-state index contributed by atoms with van der Waals surface area (Å²) >= 11 is 12.1. The van der Waals surface area contributed by atoms with Crippen molar-refractivity contribution in [2.45, 2.75) is 6.92 Å². The zero-order valence-corrected chi connectivity index (χ0v) is 12.3. The molecule has 20 heavy (non-hydrogen) atoms. The molecule has 0 aliphatic heterocycles.